The van der Waals surface area contributed by atoms with Gasteiger partial charge in [-0.05, 0) is 18.4 Å². The van der Waals surface area contributed by atoms with Crippen LogP contribution in [0, 0.1) is 0 Å². The molecule has 0 aromatic carbocycles. The lowest BCUT2D eigenvalue weighted by Gasteiger charge is -2.09. The number of aliphatic carboxylic acids is 1. The monoisotopic (exact) mass is 249 g/mol. The fraction of sp³-hybridized carbons (Fsp3) is 0.375. The lowest BCUT2D eigenvalue weighted by Crippen LogP contribution is -2.25. The molecule has 0 aliphatic heterocycles. The first-order valence-corrected chi connectivity index (χ1v) is 6.86. The molecule has 84 valence electrons. The average molecular weight is 249 g/mol. The van der Waals surface area contributed by atoms with Gasteiger partial charge in [-0.15, -0.1) is 11.3 Å². The summed E-state index contributed by atoms with van der Waals surface area (Å²) in [6.07, 6.45) is 1.09. The molecule has 0 aliphatic rings. The summed E-state index contributed by atoms with van der Waals surface area (Å²) in [5, 5.41) is 13.3. The van der Waals surface area contributed by atoms with E-state index in [1.165, 1.54) is 24.3 Å². The Kier molecular flexibility index (Phi) is 3.35. The minimum atomic E-state index is -3.31. The number of hydrogen-bond acceptors (Lipinski definition) is 5. The third-order valence-electron chi connectivity index (χ3n) is 1.75. The summed E-state index contributed by atoms with van der Waals surface area (Å²) >= 11 is 1.17. The maximum absolute atomic E-state index is 11.3. The molecule has 1 heterocycles. The van der Waals surface area contributed by atoms with Gasteiger partial charge in [0.15, 0.2) is 9.84 Å². The fourth-order valence-electron chi connectivity index (χ4n) is 0.953. The van der Waals surface area contributed by atoms with Crippen molar-refractivity contribution in [2.24, 2.45) is 0 Å². The van der Waals surface area contributed by atoms with E-state index in [-0.39, 0.29) is 4.90 Å². The van der Waals surface area contributed by atoms with Gasteiger partial charge in [-0.3, -0.25) is 4.79 Å². The highest BCUT2D eigenvalue weighted by atomic mass is 32.2. The van der Waals surface area contributed by atoms with Crippen molar-refractivity contribution < 1.29 is 18.3 Å². The van der Waals surface area contributed by atoms with Crippen molar-refractivity contribution in [2.45, 2.75) is 17.9 Å². The number of rotatable bonds is 4. The van der Waals surface area contributed by atoms with Crippen molar-refractivity contribution in [3.05, 3.63) is 11.4 Å². The number of carboxylic acid groups (broad SMARTS) is 1. The molecule has 1 aromatic heterocycles. The number of anilines is 1. The summed E-state index contributed by atoms with van der Waals surface area (Å²) in [7, 11) is -3.31. The Bertz CT molecular complexity index is 463. The van der Waals surface area contributed by atoms with Crippen LogP contribution in [0.5, 0.6) is 0 Å². The molecule has 15 heavy (non-hydrogen) atoms. The molecule has 7 heteroatoms. The zero-order valence-corrected chi connectivity index (χ0v) is 9.85. The van der Waals surface area contributed by atoms with Gasteiger partial charge in [-0.25, -0.2) is 8.42 Å². The highest BCUT2D eigenvalue weighted by Gasteiger charge is 2.18. The van der Waals surface area contributed by atoms with Crippen LogP contribution in [0.15, 0.2) is 16.3 Å². The fourth-order valence-corrected chi connectivity index (χ4v) is 3.12. The van der Waals surface area contributed by atoms with Crippen molar-refractivity contribution in [1.82, 2.24) is 0 Å². The predicted octanol–water partition coefficient (Wildman–Crippen LogP) is 1.04. The second-order valence-electron chi connectivity index (χ2n) is 3.09. The highest BCUT2D eigenvalue weighted by Crippen LogP contribution is 2.28. The van der Waals surface area contributed by atoms with E-state index in [1.807, 2.05) is 0 Å². The molecule has 0 fully saturated rings. The van der Waals surface area contributed by atoms with Crippen LogP contribution in [0.1, 0.15) is 6.92 Å². The summed E-state index contributed by atoms with van der Waals surface area (Å²) in [5.41, 5.74) is 0. The van der Waals surface area contributed by atoms with E-state index < -0.39 is 21.8 Å². The molecular weight excluding hydrogens is 238 g/mol. The van der Waals surface area contributed by atoms with E-state index >= 15 is 0 Å². The van der Waals surface area contributed by atoms with Gasteiger partial charge in [0.1, 0.15) is 15.9 Å². The number of carboxylic acids is 1. The van der Waals surface area contributed by atoms with Crippen LogP contribution in [-0.4, -0.2) is 31.8 Å². The maximum atomic E-state index is 11.3. The van der Waals surface area contributed by atoms with Crippen molar-refractivity contribution in [3.8, 4) is 0 Å². The van der Waals surface area contributed by atoms with Crippen LogP contribution >= 0.6 is 11.3 Å². The second-order valence-corrected chi connectivity index (χ2v) is 5.99. The molecule has 0 aliphatic carbocycles. The molecule has 1 rings (SSSR count). The lowest BCUT2D eigenvalue weighted by molar-refractivity contribution is -0.137. The second kappa shape index (κ2) is 4.19. The van der Waals surface area contributed by atoms with Crippen LogP contribution in [0.25, 0.3) is 0 Å². The quantitative estimate of drug-likeness (QED) is 0.833. The van der Waals surface area contributed by atoms with Crippen LogP contribution in [-0.2, 0) is 14.6 Å². The Morgan fingerprint density at radius 3 is 2.67 bits per heavy atom. The molecule has 0 saturated heterocycles. The van der Waals surface area contributed by atoms with Crippen LogP contribution in [0.4, 0.5) is 5.00 Å². The van der Waals surface area contributed by atoms with E-state index in [9.17, 15) is 13.2 Å². The normalized spacial score (nSPS) is 13.5. The molecule has 0 bridgehead atoms. The first-order valence-electron chi connectivity index (χ1n) is 4.09. The largest absolute Gasteiger partial charge is 0.480 e. The zero-order valence-electron chi connectivity index (χ0n) is 8.22. The maximum Gasteiger partial charge on any atom is 0.325 e. The number of hydrogen-bond donors (Lipinski definition) is 2. The standard InChI is InChI=1S/C8H11NO4S2/c1-5(8(10)11)9-7-6(3-4-14-7)15(2,12)13/h3-5,9H,1-2H3,(H,10,11). The zero-order chi connectivity index (χ0) is 11.6. The van der Waals surface area contributed by atoms with Gasteiger partial charge in [0.25, 0.3) is 0 Å². The van der Waals surface area contributed by atoms with Gasteiger partial charge in [0.2, 0.25) is 0 Å². The van der Waals surface area contributed by atoms with Crippen LogP contribution in [0.3, 0.4) is 0 Å². The smallest absolute Gasteiger partial charge is 0.325 e. The molecule has 1 aromatic rings. The van der Waals surface area contributed by atoms with E-state index in [1.54, 1.807) is 5.38 Å². The van der Waals surface area contributed by atoms with Gasteiger partial charge in [-0.1, -0.05) is 0 Å². The molecule has 1 atom stereocenters. The minimum Gasteiger partial charge on any atom is -0.480 e. The number of carbonyl (C=O) groups is 1. The minimum absolute atomic E-state index is 0.139. The van der Waals surface area contributed by atoms with E-state index in [4.69, 9.17) is 5.11 Å². The molecular formula is C8H11NO4S2. The van der Waals surface area contributed by atoms with Crippen LogP contribution in [0.2, 0.25) is 0 Å². The van der Waals surface area contributed by atoms with Gasteiger partial charge in [0.05, 0.1) is 0 Å². The Morgan fingerprint density at radius 1 is 1.60 bits per heavy atom. The summed E-state index contributed by atoms with van der Waals surface area (Å²) in [5.74, 6) is -1.03. The Balaban J connectivity index is 2.98. The van der Waals surface area contributed by atoms with E-state index in [2.05, 4.69) is 5.32 Å². The van der Waals surface area contributed by atoms with Gasteiger partial charge < -0.3 is 10.4 Å². The van der Waals surface area contributed by atoms with Crippen LogP contribution < -0.4 is 5.32 Å². The van der Waals surface area contributed by atoms with E-state index in [0.717, 1.165) is 6.26 Å². The van der Waals surface area contributed by atoms with E-state index in [0.29, 0.717) is 5.00 Å². The third kappa shape index (κ3) is 2.93. The third-order valence-corrected chi connectivity index (χ3v) is 3.86. The summed E-state index contributed by atoms with van der Waals surface area (Å²) in [6, 6.07) is 0.640. The van der Waals surface area contributed by atoms with Crippen molar-refractivity contribution in [1.29, 1.82) is 0 Å². The molecule has 5 nitrogen and oxygen atoms in total. The first-order chi connectivity index (χ1) is 6.82. The van der Waals surface area contributed by atoms with Gasteiger partial charge >= 0.3 is 5.97 Å². The Labute approximate surface area is 91.7 Å². The predicted molar refractivity (Wildman–Crippen MR) is 58.1 cm³/mol. The highest BCUT2D eigenvalue weighted by molar-refractivity contribution is 7.91. The molecule has 0 saturated carbocycles. The van der Waals surface area contributed by atoms with Gasteiger partial charge in [-0.2, -0.15) is 0 Å². The lowest BCUT2D eigenvalue weighted by atomic mass is 10.3. The Hall–Kier alpha value is -1.08. The van der Waals surface area contributed by atoms with Crippen molar-refractivity contribution >= 4 is 32.1 Å². The van der Waals surface area contributed by atoms with Crippen molar-refractivity contribution in [3.63, 3.8) is 0 Å². The molecule has 0 radical (unpaired) electrons. The number of sulfone groups is 1. The summed E-state index contributed by atoms with van der Waals surface area (Å²) < 4.78 is 22.6. The summed E-state index contributed by atoms with van der Waals surface area (Å²) in [4.78, 5) is 10.7. The summed E-state index contributed by atoms with van der Waals surface area (Å²) in [6.45, 7) is 1.45. The molecule has 0 amide bonds. The average Bonchev–Trinajstić information content (AvgIpc) is 2.50. The number of nitrogens with one attached hydrogen (secondary N) is 1. The first kappa shape index (κ1) is 12.0. The molecule has 2 N–H and O–H groups in total. The topological polar surface area (TPSA) is 83.5 Å². The molecule has 0 spiro atoms. The van der Waals surface area contributed by atoms with Gasteiger partial charge in [0, 0.05) is 6.26 Å². The SMILES string of the molecule is CC(Nc1sccc1S(C)(=O)=O)C(=O)O. The number of thiophene rings is 1. The van der Waals surface area contributed by atoms with Crippen molar-refractivity contribution in [2.75, 3.05) is 11.6 Å². The molecule has 1 unspecified atom stereocenters. The Morgan fingerprint density at radius 2 is 2.20 bits per heavy atom.